The van der Waals surface area contributed by atoms with Crippen LogP contribution in [0.25, 0.3) is 10.9 Å². The van der Waals surface area contributed by atoms with Crippen LogP contribution in [0.4, 0.5) is 0 Å². The Bertz CT molecular complexity index is 1020. The lowest BCUT2D eigenvalue weighted by molar-refractivity contribution is -0.117. The number of benzene rings is 1. The monoisotopic (exact) mass is 366 g/mol. The van der Waals surface area contributed by atoms with Gasteiger partial charge < -0.3 is 10.5 Å². The fourth-order valence-electron chi connectivity index (χ4n) is 2.71. The number of nitrogens with one attached hydrogen (secondary N) is 1. The van der Waals surface area contributed by atoms with Crippen LogP contribution in [0.15, 0.2) is 42.7 Å². The third kappa shape index (κ3) is 4.18. The Morgan fingerprint density at radius 1 is 1.22 bits per heavy atom. The van der Waals surface area contributed by atoms with E-state index in [0.29, 0.717) is 28.8 Å². The SMILES string of the molecule is Cc1nccc(Oc2ccc3ncc(C(=O)NO)cc3c2)c1CCC(N)=O. The summed E-state index contributed by atoms with van der Waals surface area (Å²) in [6.07, 6.45) is 3.64. The highest BCUT2D eigenvalue weighted by molar-refractivity contribution is 5.96. The summed E-state index contributed by atoms with van der Waals surface area (Å²) in [5.41, 5.74) is 9.30. The van der Waals surface area contributed by atoms with Gasteiger partial charge >= 0.3 is 0 Å². The maximum Gasteiger partial charge on any atom is 0.276 e. The zero-order valence-electron chi connectivity index (χ0n) is 14.6. The molecule has 0 unspecified atom stereocenters. The molecule has 0 radical (unpaired) electrons. The van der Waals surface area contributed by atoms with E-state index in [1.165, 1.54) is 6.20 Å². The van der Waals surface area contributed by atoms with Crippen LogP contribution in [0.3, 0.4) is 0 Å². The van der Waals surface area contributed by atoms with E-state index >= 15 is 0 Å². The summed E-state index contributed by atoms with van der Waals surface area (Å²) < 4.78 is 5.99. The summed E-state index contributed by atoms with van der Waals surface area (Å²) >= 11 is 0. The molecule has 0 saturated carbocycles. The fourth-order valence-corrected chi connectivity index (χ4v) is 2.71. The zero-order chi connectivity index (χ0) is 19.4. The molecule has 2 amide bonds. The van der Waals surface area contributed by atoms with Crippen molar-refractivity contribution in [3.63, 3.8) is 0 Å². The van der Waals surface area contributed by atoms with Gasteiger partial charge in [-0.1, -0.05) is 0 Å². The summed E-state index contributed by atoms with van der Waals surface area (Å²) in [5, 5.41) is 9.44. The molecule has 2 heterocycles. The summed E-state index contributed by atoms with van der Waals surface area (Å²) in [4.78, 5) is 31.1. The van der Waals surface area contributed by atoms with Crippen LogP contribution in [0, 0.1) is 6.92 Å². The van der Waals surface area contributed by atoms with Crippen LogP contribution in [-0.2, 0) is 11.2 Å². The molecule has 0 fully saturated rings. The topological polar surface area (TPSA) is 127 Å². The summed E-state index contributed by atoms with van der Waals surface area (Å²) in [7, 11) is 0. The molecule has 3 aromatic rings. The van der Waals surface area contributed by atoms with Crippen molar-refractivity contribution < 1.29 is 19.5 Å². The third-order valence-corrected chi connectivity index (χ3v) is 4.09. The molecule has 138 valence electrons. The van der Waals surface area contributed by atoms with E-state index in [1.54, 1.807) is 42.0 Å². The number of ether oxygens (including phenoxy) is 1. The number of carbonyl (C=O) groups is 2. The van der Waals surface area contributed by atoms with E-state index in [1.807, 2.05) is 6.92 Å². The van der Waals surface area contributed by atoms with Gasteiger partial charge in [-0.25, -0.2) is 5.48 Å². The summed E-state index contributed by atoms with van der Waals surface area (Å²) in [6.45, 7) is 1.84. The number of rotatable bonds is 6. The molecule has 2 aromatic heterocycles. The molecule has 0 atom stereocenters. The highest BCUT2D eigenvalue weighted by Crippen LogP contribution is 2.29. The maximum atomic E-state index is 11.6. The number of fused-ring (bicyclic) bond motifs is 1. The Morgan fingerprint density at radius 3 is 2.78 bits per heavy atom. The van der Waals surface area contributed by atoms with Gasteiger partial charge in [-0.15, -0.1) is 0 Å². The minimum absolute atomic E-state index is 0.199. The molecule has 3 rings (SSSR count). The minimum atomic E-state index is -0.644. The number of carbonyl (C=O) groups excluding carboxylic acids is 2. The number of aryl methyl sites for hydroxylation is 1. The first kappa shape index (κ1) is 18.3. The number of hydrogen-bond donors (Lipinski definition) is 3. The van der Waals surface area contributed by atoms with Gasteiger partial charge in [0.25, 0.3) is 5.91 Å². The Hall–Kier alpha value is -3.52. The average molecular weight is 366 g/mol. The molecule has 0 saturated heterocycles. The molecule has 0 aliphatic rings. The van der Waals surface area contributed by atoms with E-state index in [2.05, 4.69) is 9.97 Å². The first-order valence-corrected chi connectivity index (χ1v) is 8.23. The van der Waals surface area contributed by atoms with Crippen LogP contribution in [0.5, 0.6) is 11.5 Å². The number of nitrogens with two attached hydrogens (primary N) is 1. The second-order valence-electron chi connectivity index (χ2n) is 5.96. The van der Waals surface area contributed by atoms with Crippen molar-refractivity contribution in [2.45, 2.75) is 19.8 Å². The van der Waals surface area contributed by atoms with Crippen LogP contribution in [0.1, 0.15) is 28.0 Å². The van der Waals surface area contributed by atoms with Gasteiger partial charge in [0.15, 0.2) is 0 Å². The Labute approximate surface area is 155 Å². The lowest BCUT2D eigenvalue weighted by Crippen LogP contribution is -2.18. The standard InChI is InChI=1S/C19H18N4O4/c1-11-15(3-5-18(20)24)17(6-7-21-11)27-14-2-4-16-12(9-14)8-13(10-22-16)19(25)23-26/h2,4,6-10,26H,3,5H2,1H3,(H2,20,24)(H,23,25). The first-order valence-electron chi connectivity index (χ1n) is 8.23. The second kappa shape index (κ2) is 7.79. The molecule has 0 bridgehead atoms. The molecule has 8 heteroatoms. The summed E-state index contributed by atoms with van der Waals surface area (Å²) in [5.74, 6) is 0.0852. The van der Waals surface area contributed by atoms with Crippen molar-refractivity contribution in [2.24, 2.45) is 5.73 Å². The van der Waals surface area contributed by atoms with E-state index < -0.39 is 11.8 Å². The average Bonchev–Trinajstić information content (AvgIpc) is 2.66. The quantitative estimate of drug-likeness (QED) is 0.453. The van der Waals surface area contributed by atoms with Crippen LogP contribution < -0.4 is 16.0 Å². The number of hydrogen-bond acceptors (Lipinski definition) is 6. The van der Waals surface area contributed by atoms with Gasteiger partial charge in [0.05, 0.1) is 11.1 Å². The van der Waals surface area contributed by atoms with Crippen LogP contribution in [0.2, 0.25) is 0 Å². The van der Waals surface area contributed by atoms with Gasteiger partial charge in [0.1, 0.15) is 11.5 Å². The molecular weight excluding hydrogens is 348 g/mol. The summed E-state index contributed by atoms with van der Waals surface area (Å²) in [6, 6.07) is 8.59. The van der Waals surface area contributed by atoms with E-state index in [4.69, 9.17) is 15.7 Å². The third-order valence-electron chi connectivity index (χ3n) is 4.09. The molecule has 0 aliphatic carbocycles. The second-order valence-corrected chi connectivity index (χ2v) is 5.96. The van der Waals surface area contributed by atoms with Gasteiger partial charge in [0.2, 0.25) is 5.91 Å². The van der Waals surface area contributed by atoms with Gasteiger partial charge in [-0.2, -0.15) is 0 Å². The maximum absolute atomic E-state index is 11.6. The van der Waals surface area contributed by atoms with E-state index in [-0.39, 0.29) is 12.0 Å². The van der Waals surface area contributed by atoms with Gasteiger partial charge in [-0.3, -0.25) is 24.8 Å². The Balaban J connectivity index is 1.93. The molecule has 8 nitrogen and oxygen atoms in total. The minimum Gasteiger partial charge on any atom is -0.457 e. The van der Waals surface area contributed by atoms with Gasteiger partial charge in [-0.05, 0) is 43.7 Å². The van der Waals surface area contributed by atoms with Crippen molar-refractivity contribution in [1.82, 2.24) is 15.4 Å². The predicted octanol–water partition coefficient (Wildman–Crippen LogP) is 2.27. The number of pyridine rings is 2. The fraction of sp³-hybridized carbons (Fsp3) is 0.158. The Morgan fingerprint density at radius 2 is 2.04 bits per heavy atom. The zero-order valence-corrected chi connectivity index (χ0v) is 14.6. The Kier molecular flexibility index (Phi) is 5.28. The van der Waals surface area contributed by atoms with Crippen molar-refractivity contribution in [2.75, 3.05) is 0 Å². The normalized spacial score (nSPS) is 10.6. The number of hydroxylamine groups is 1. The largest absolute Gasteiger partial charge is 0.457 e. The van der Waals surface area contributed by atoms with E-state index in [9.17, 15) is 9.59 Å². The number of primary amides is 1. The smallest absolute Gasteiger partial charge is 0.276 e. The highest BCUT2D eigenvalue weighted by Gasteiger charge is 2.12. The highest BCUT2D eigenvalue weighted by atomic mass is 16.5. The van der Waals surface area contributed by atoms with Crippen molar-refractivity contribution in [3.8, 4) is 11.5 Å². The molecular formula is C19H18N4O4. The molecule has 27 heavy (non-hydrogen) atoms. The lowest BCUT2D eigenvalue weighted by atomic mass is 10.1. The lowest BCUT2D eigenvalue weighted by Gasteiger charge is -2.13. The first-order chi connectivity index (χ1) is 13.0. The van der Waals surface area contributed by atoms with Crippen molar-refractivity contribution in [1.29, 1.82) is 0 Å². The van der Waals surface area contributed by atoms with Crippen LogP contribution >= 0.6 is 0 Å². The van der Waals surface area contributed by atoms with Crippen LogP contribution in [-0.4, -0.2) is 27.0 Å². The molecule has 0 aliphatic heterocycles. The van der Waals surface area contributed by atoms with Gasteiger partial charge in [0, 0.05) is 35.5 Å². The van der Waals surface area contributed by atoms with E-state index in [0.717, 1.165) is 11.3 Å². The predicted molar refractivity (Wildman–Crippen MR) is 97.6 cm³/mol. The molecule has 1 aromatic carbocycles. The number of aromatic nitrogens is 2. The number of amides is 2. The molecule has 0 spiro atoms. The van der Waals surface area contributed by atoms with Crippen molar-refractivity contribution >= 4 is 22.7 Å². The molecule has 4 N–H and O–H groups in total. The number of nitrogens with zero attached hydrogens (tertiary/aromatic N) is 2. The van der Waals surface area contributed by atoms with Crippen molar-refractivity contribution in [3.05, 3.63) is 59.5 Å².